The van der Waals surface area contributed by atoms with Gasteiger partial charge in [0.1, 0.15) is 6.20 Å². The first-order chi connectivity index (χ1) is 5.31. The molecule has 2 heterocycles. The van der Waals surface area contributed by atoms with Gasteiger partial charge in [-0.05, 0) is 6.07 Å². The van der Waals surface area contributed by atoms with E-state index in [1.54, 1.807) is 12.5 Å². The highest BCUT2D eigenvalue weighted by atomic mass is 16.3. The lowest BCUT2D eigenvalue weighted by atomic mass is 10.5. The number of hydrogen-bond donors (Lipinski definition) is 0. The zero-order valence-electron chi connectivity index (χ0n) is 6.27. The van der Waals surface area contributed by atoms with Gasteiger partial charge in [-0.3, -0.25) is 0 Å². The summed E-state index contributed by atoms with van der Waals surface area (Å²) in [5, 5.41) is 0. The topological polar surface area (TPSA) is 25.5 Å². The second-order valence-corrected chi connectivity index (χ2v) is 2.66. The summed E-state index contributed by atoms with van der Waals surface area (Å²) < 4.78 is 5.77. The molecule has 0 aliphatic carbocycles. The monoisotopic (exact) mass is 149 g/mol. The molecule has 2 rings (SSSR count). The average Bonchev–Trinajstić information content (AvgIpc) is 2.55. The van der Waals surface area contributed by atoms with Gasteiger partial charge in [0.25, 0.3) is 0 Å². The van der Waals surface area contributed by atoms with E-state index < -0.39 is 0 Å². The lowest BCUT2D eigenvalue weighted by molar-refractivity contribution is 0.475. The fourth-order valence-corrected chi connectivity index (χ4v) is 1.07. The van der Waals surface area contributed by atoms with Gasteiger partial charge in [-0.2, -0.15) is 4.48 Å². The van der Waals surface area contributed by atoms with Crippen LogP contribution in [0.2, 0.25) is 0 Å². The summed E-state index contributed by atoms with van der Waals surface area (Å²) in [7, 11) is 2.01. The molecule has 0 N–H and O–H groups in total. The Morgan fingerprint density at radius 2 is 2.45 bits per heavy atom. The van der Waals surface area contributed by atoms with Crippen LogP contribution < -0.4 is 4.48 Å². The Hall–Kier alpha value is -1.35. The fraction of sp³-hybridized carbons (Fsp3) is 0.125. The van der Waals surface area contributed by atoms with Crippen molar-refractivity contribution in [3.63, 3.8) is 0 Å². The van der Waals surface area contributed by atoms with Crippen molar-refractivity contribution in [2.45, 2.75) is 0 Å². The van der Waals surface area contributed by atoms with Gasteiger partial charge in [-0.15, -0.1) is 0 Å². The Bertz CT molecular complexity index is 286. The predicted molar refractivity (Wildman–Crippen MR) is 44.1 cm³/mol. The van der Waals surface area contributed by atoms with E-state index in [4.69, 9.17) is 4.42 Å². The van der Waals surface area contributed by atoms with Crippen LogP contribution in [-0.4, -0.2) is 13.4 Å². The third-order valence-electron chi connectivity index (χ3n) is 1.75. The summed E-state index contributed by atoms with van der Waals surface area (Å²) in [6.45, 7) is 0. The molecule has 0 fully saturated rings. The van der Waals surface area contributed by atoms with Crippen LogP contribution in [-0.2, 0) is 0 Å². The van der Waals surface area contributed by atoms with E-state index in [-0.39, 0.29) is 0 Å². The van der Waals surface area contributed by atoms with Crippen LogP contribution in [0.3, 0.4) is 0 Å². The molecule has 1 aromatic rings. The van der Waals surface area contributed by atoms with Gasteiger partial charge in [0.2, 0.25) is 6.34 Å². The number of rotatable bonds is 1. The van der Waals surface area contributed by atoms with E-state index in [1.165, 1.54) is 0 Å². The Kier molecular flexibility index (Phi) is 1.20. The van der Waals surface area contributed by atoms with Crippen molar-refractivity contribution in [3.8, 4) is 0 Å². The number of hydrogen-bond acceptors (Lipinski definition) is 2. The Labute approximate surface area is 64.9 Å². The Morgan fingerprint density at radius 3 is 3.00 bits per heavy atom. The highest BCUT2D eigenvalue weighted by Gasteiger charge is 2.25. The van der Waals surface area contributed by atoms with E-state index in [0.717, 1.165) is 5.88 Å². The quantitative estimate of drug-likeness (QED) is 0.558. The maximum Gasteiger partial charge on any atom is 0.306 e. The summed E-state index contributed by atoms with van der Waals surface area (Å²) in [6.07, 6.45) is 7.21. The minimum Gasteiger partial charge on any atom is -0.420 e. The van der Waals surface area contributed by atoms with Crippen molar-refractivity contribution in [3.05, 3.63) is 30.8 Å². The first-order valence-corrected chi connectivity index (χ1v) is 3.43. The fourth-order valence-electron chi connectivity index (χ4n) is 1.07. The van der Waals surface area contributed by atoms with Gasteiger partial charge in [0.05, 0.1) is 19.5 Å². The molecule has 1 unspecified atom stereocenters. The van der Waals surface area contributed by atoms with Crippen molar-refractivity contribution in [2.75, 3.05) is 7.05 Å². The van der Waals surface area contributed by atoms with E-state index in [1.807, 2.05) is 31.7 Å². The summed E-state index contributed by atoms with van der Waals surface area (Å²) in [5.41, 5.74) is 0. The molecule has 0 aromatic carbocycles. The summed E-state index contributed by atoms with van der Waals surface area (Å²) in [4.78, 5) is 4.00. The van der Waals surface area contributed by atoms with Crippen LogP contribution in [0.5, 0.6) is 0 Å². The van der Waals surface area contributed by atoms with Gasteiger partial charge in [0, 0.05) is 6.07 Å². The SMILES string of the molecule is C[N+]1(c2ccco2)C=CN=C1. The van der Waals surface area contributed by atoms with E-state index in [0.29, 0.717) is 4.48 Å². The predicted octanol–water partition coefficient (Wildman–Crippen LogP) is 1.73. The minimum absolute atomic E-state index is 0.521. The largest absolute Gasteiger partial charge is 0.420 e. The van der Waals surface area contributed by atoms with Crippen LogP contribution in [0.25, 0.3) is 0 Å². The van der Waals surface area contributed by atoms with E-state index >= 15 is 0 Å². The zero-order chi connectivity index (χ0) is 7.73. The van der Waals surface area contributed by atoms with Crippen molar-refractivity contribution in [1.82, 2.24) is 4.48 Å². The van der Waals surface area contributed by atoms with Gasteiger partial charge < -0.3 is 4.42 Å². The van der Waals surface area contributed by atoms with Gasteiger partial charge in [-0.25, -0.2) is 4.99 Å². The average molecular weight is 149 g/mol. The number of furan rings is 1. The second kappa shape index (κ2) is 2.07. The molecule has 1 aromatic heterocycles. The number of nitrogens with zero attached hydrogens (tertiary/aromatic N) is 2. The second-order valence-electron chi connectivity index (χ2n) is 2.66. The summed E-state index contributed by atoms with van der Waals surface area (Å²) >= 11 is 0. The molecule has 0 saturated carbocycles. The normalized spacial score (nSPS) is 28.1. The first kappa shape index (κ1) is 6.37. The molecular formula is C8H9N2O+. The molecule has 0 saturated heterocycles. The van der Waals surface area contributed by atoms with Crippen LogP contribution in [0.15, 0.2) is 40.2 Å². The van der Waals surface area contributed by atoms with Gasteiger partial charge >= 0.3 is 5.88 Å². The van der Waals surface area contributed by atoms with Gasteiger partial charge in [-0.1, -0.05) is 0 Å². The minimum atomic E-state index is 0.521. The molecular weight excluding hydrogens is 140 g/mol. The molecule has 11 heavy (non-hydrogen) atoms. The Balaban J connectivity index is 2.43. The molecule has 3 nitrogen and oxygen atoms in total. The molecule has 1 atom stereocenters. The summed E-state index contributed by atoms with van der Waals surface area (Å²) in [6, 6.07) is 3.81. The van der Waals surface area contributed by atoms with Crippen molar-refractivity contribution in [2.24, 2.45) is 4.99 Å². The molecule has 0 amide bonds. The molecule has 1 aliphatic rings. The van der Waals surface area contributed by atoms with E-state index in [2.05, 4.69) is 4.99 Å². The first-order valence-electron chi connectivity index (χ1n) is 3.43. The Morgan fingerprint density at radius 1 is 1.55 bits per heavy atom. The van der Waals surface area contributed by atoms with Crippen LogP contribution in [0.4, 0.5) is 5.88 Å². The number of quaternary nitrogens is 1. The highest BCUT2D eigenvalue weighted by molar-refractivity contribution is 5.75. The molecule has 0 bridgehead atoms. The third-order valence-corrected chi connectivity index (χ3v) is 1.75. The lowest BCUT2D eigenvalue weighted by Gasteiger charge is -2.16. The van der Waals surface area contributed by atoms with Crippen molar-refractivity contribution >= 4 is 12.2 Å². The van der Waals surface area contributed by atoms with Gasteiger partial charge in [0.15, 0.2) is 0 Å². The molecule has 3 heteroatoms. The highest BCUT2D eigenvalue weighted by Crippen LogP contribution is 2.22. The van der Waals surface area contributed by atoms with Crippen LogP contribution in [0.1, 0.15) is 0 Å². The van der Waals surface area contributed by atoms with Crippen molar-refractivity contribution < 1.29 is 4.42 Å². The van der Waals surface area contributed by atoms with Crippen LogP contribution >= 0.6 is 0 Å². The zero-order valence-corrected chi connectivity index (χ0v) is 6.27. The molecule has 1 aliphatic heterocycles. The molecule has 56 valence electrons. The summed E-state index contributed by atoms with van der Waals surface area (Å²) in [5.74, 6) is 0.877. The van der Waals surface area contributed by atoms with Crippen LogP contribution in [0, 0.1) is 0 Å². The molecule has 0 radical (unpaired) electrons. The van der Waals surface area contributed by atoms with Crippen molar-refractivity contribution in [1.29, 1.82) is 0 Å². The lowest BCUT2D eigenvalue weighted by Crippen LogP contribution is -2.34. The third kappa shape index (κ3) is 0.897. The standard InChI is InChI=1S/C8H9N2O/c1-10(5-4-9-7-10)8-3-2-6-11-8/h2-7H,1H3/q+1. The molecule has 0 spiro atoms. The maximum atomic E-state index is 5.25. The van der Waals surface area contributed by atoms with E-state index in [9.17, 15) is 0 Å². The number of aliphatic imine (C=N–C) groups is 1. The maximum absolute atomic E-state index is 5.25. The smallest absolute Gasteiger partial charge is 0.306 e.